The zero-order valence-electron chi connectivity index (χ0n) is 16.8. The molecule has 2 unspecified atom stereocenters. The number of carbonyl (C=O) groups excluding carboxylic acids is 1. The normalized spacial score (nSPS) is 12.2. The molecule has 0 aromatic heterocycles. The molecule has 0 heterocycles. The van der Waals surface area contributed by atoms with Crippen molar-refractivity contribution in [2.75, 3.05) is 5.32 Å². The standard InChI is InChI=1S/C23H25NO6S.2Na.2H/c25-19(10-5-11-22(27)28)20(13-12-16-6-2-1-3-7-16)31-18-9-4-8-17(14-18)24-21(26)15-23(29)30;;;;/h1-4,6-9,12-14,19-20,25H,5,10-11,15H2,(H,24,26)(H,27,28)(H,29,30);;;;/b13-12+;;;;. The molecule has 0 saturated carbocycles. The maximum atomic E-state index is 11.7. The average molecular weight is 492 g/mol. The van der Waals surface area contributed by atoms with Crippen molar-refractivity contribution in [3.63, 3.8) is 0 Å². The average Bonchev–Trinajstić information content (AvgIpc) is 2.71. The summed E-state index contributed by atoms with van der Waals surface area (Å²) in [6, 6.07) is 16.5. The Kier molecular flexibility index (Phi) is 16.8. The van der Waals surface area contributed by atoms with Gasteiger partial charge < -0.3 is 20.6 Å². The summed E-state index contributed by atoms with van der Waals surface area (Å²) in [6.45, 7) is 0. The van der Waals surface area contributed by atoms with Gasteiger partial charge >= 0.3 is 71.1 Å². The molecular weight excluding hydrogens is 464 g/mol. The first kappa shape index (κ1) is 31.9. The Morgan fingerprint density at radius 3 is 2.30 bits per heavy atom. The second kappa shape index (κ2) is 17.4. The fourth-order valence-corrected chi connectivity index (χ4v) is 3.91. The Morgan fingerprint density at radius 1 is 0.970 bits per heavy atom. The number of aliphatic carboxylic acids is 2. The fraction of sp³-hybridized carbons (Fsp3) is 0.261. The number of carboxylic acids is 2. The Morgan fingerprint density at radius 2 is 1.67 bits per heavy atom. The van der Waals surface area contributed by atoms with Crippen LogP contribution in [0.25, 0.3) is 6.08 Å². The van der Waals surface area contributed by atoms with Gasteiger partial charge in [0.25, 0.3) is 0 Å². The Bertz CT molecular complexity index is 926. The number of carbonyl (C=O) groups is 3. The van der Waals surface area contributed by atoms with Crippen LogP contribution in [0.1, 0.15) is 31.2 Å². The van der Waals surface area contributed by atoms with Crippen LogP contribution < -0.4 is 5.32 Å². The molecule has 1 amide bonds. The minimum atomic E-state index is -1.21. The summed E-state index contributed by atoms with van der Waals surface area (Å²) in [4.78, 5) is 33.9. The molecule has 2 atom stereocenters. The predicted octanol–water partition coefficient (Wildman–Crippen LogP) is 2.59. The summed E-state index contributed by atoms with van der Waals surface area (Å²) in [5.41, 5.74) is 1.43. The van der Waals surface area contributed by atoms with E-state index in [1.54, 1.807) is 18.2 Å². The van der Waals surface area contributed by atoms with Gasteiger partial charge in [0.05, 0.1) is 11.4 Å². The van der Waals surface area contributed by atoms with E-state index in [1.165, 1.54) is 11.8 Å². The zero-order chi connectivity index (χ0) is 22.6. The van der Waals surface area contributed by atoms with Gasteiger partial charge in [0.15, 0.2) is 0 Å². The molecule has 0 spiro atoms. The molecule has 33 heavy (non-hydrogen) atoms. The summed E-state index contributed by atoms with van der Waals surface area (Å²) in [5, 5.41) is 30.4. The van der Waals surface area contributed by atoms with Crippen molar-refractivity contribution in [2.45, 2.75) is 41.9 Å². The topological polar surface area (TPSA) is 124 Å². The van der Waals surface area contributed by atoms with E-state index in [9.17, 15) is 19.5 Å². The number of aliphatic hydroxyl groups excluding tert-OH is 1. The molecule has 0 aliphatic heterocycles. The van der Waals surface area contributed by atoms with Gasteiger partial charge in [-0.25, -0.2) is 0 Å². The number of anilines is 1. The molecule has 7 nitrogen and oxygen atoms in total. The Balaban J connectivity index is 0.00000512. The molecule has 10 heteroatoms. The number of hydrogen-bond acceptors (Lipinski definition) is 5. The number of aliphatic hydroxyl groups is 1. The van der Waals surface area contributed by atoms with Crippen LogP contribution in [0.5, 0.6) is 0 Å². The van der Waals surface area contributed by atoms with Crippen LogP contribution in [-0.4, -0.2) is 104 Å². The van der Waals surface area contributed by atoms with Crippen LogP contribution in [0.3, 0.4) is 0 Å². The summed E-state index contributed by atoms with van der Waals surface area (Å²) < 4.78 is 0. The SMILES string of the molecule is O=C(O)CCCC(O)C(/C=C/c1ccccc1)Sc1cccc(NC(=O)CC(=O)O)c1.[NaH].[NaH]. The van der Waals surface area contributed by atoms with Gasteiger partial charge in [-0.15, -0.1) is 11.8 Å². The van der Waals surface area contributed by atoms with Gasteiger partial charge in [-0.2, -0.15) is 0 Å². The molecular formula is C23H27NNa2O6S. The third-order valence-electron chi connectivity index (χ3n) is 4.25. The molecule has 0 bridgehead atoms. The maximum absolute atomic E-state index is 11.7. The van der Waals surface area contributed by atoms with Crippen LogP contribution in [-0.2, 0) is 14.4 Å². The Hall–Kier alpha value is -1.10. The fourth-order valence-electron chi connectivity index (χ4n) is 2.79. The van der Waals surface area contributed by atoms with E-state index in [4.69, 9.17) is 10.2 Å². The molecule has 0 radical (unpaired) electrons. The predicted molar refractivity (Wildman–Crippen MR) is 134 cm³/mol. The molecule has 168 valence electrons. The monoisotopic (exact) mass is 491 g/mol. The molecule has 2 aromatic carbocycles. The van der Waals surface area contributed by atoms with Crippen LogP contribution in [0.2, 0.25) is 0 Å². The number of nitrogens with one attached hydrogen (secondary N) is 1. The van der Waals surface area contributed by atoms with Crippen LogP contribution >= 0.6 is 11.8 Å². The van der Waals surface area contributed by atoms with E-state index >= 15 is 0 Å². The number of amides is 1. The van der Waals surface area contributed by atoms with E-state index in [0.717, 1.165) is 10.5 Å². The zero-order valence-corrected chi connectivity index (χ0v) is 17.6. The van der Waals surface area contributed by atoms with E-state index in [1.807, 2.05) is 48.6 Å². The van der Waals surface area contributed by atoms with Gasteiger partial charge in [-0.1, -0.05) is 48.6 Å². The van der Waals surface area contributed by atoms with Crippen molar-refractivity contribution in [3.8, 4) is 0 Å². The van der Waals surface area contributed by atoms with Gasteiger partial charge in [0.2, 0.25) is 5.91 Å². The van der Waals surface area contributed by atoms with Crippen molar-refractivity contribution in [3.05, 3.63) is 66.2 Å². The number of thioether (sulfide) groups is 1. The van der Waals surface area contributed by atoms with E-state index in [0.29, 0.717) is 18.5 Å². The minimum absolute atomic E-state index is 0. The summed E-state index contributed by atoms with van der Waals surface area (Å²) in [5.74, 6) is -2.73. The number of rotatable bonds is 12. The first-order chi connectivity index (χ1) is 14.8. The quantitative estimate of drug-likeness (QED) is 0.204. The molecule has 0 saturated heterocycles. The summed E-state index contributed by atoms with van der Waals surface area (Å²) >= 11 is 1.38. The van der Waals surface area contributed by atoms with Crippen molar-refractivity contribution < 1.29 is 29.7 Å². The van der Waals surface area contributed by atoms with Crippen molar-refractivity contribution >= 4 is 100 Å². The second-order valence-electron chi connectivity index (χ2n) is 6.85. The van der Waals surface area contributed by atoms with E-state index in [2.05, 4.69) is 5.32 Å². The van der Waals surface area contributed by atoms with Gasteiger partial charge in [-0.05, 0) is 36.6 Å². The first-order valence-electron chi connectivity index (χ1n) is 9.75. The first-order valence-corrected chi connectivity index (χ1v) is 10.6. The molecule has 0 aliphatic rings. The van der Waals surface area contributed by atoms with Gasteiger partial charge in [-0.3, -0.25) is 14.4 Å². The molecule has 4 N–H and O–H groups in total. The van der Waals surface area contributed by atoms with Crippen molar-refractivity contribution in [1.82, 2.24) is 0 Å². The molecule has 0 fully saturated rings. The van der Waals surface area contributed by atoms with Crippen molar-refractivity contribution in [2.24, 2.45) is 0 Å². The number of benzene rings is 2. The van der Waals surface area contributed by atoms with Crippen LogP contribution in [0.15, 0.2) is 65.6 Å². The number of carboxylic acid groups (broad SMARTS) is 2. The third-order valence-corrected chi connectivity index (χ3v) is 5.52. The second-order valence-corrected chi connectivity index (χ2v) is 8.10. The third kappa shape index (κ3) is 13.4. The molecule has 2 aromatic rings. The van der Waals surface area contributed by atoms with E-state index < -0.39 is 30.4 Å². The number of hydrogen-bond donors (Lipinski definition) is 4. The molecule has 2 rings (SSSR count). The van der Waals surface area contributed by atoms with Crippen LogP contribution in [0, 0.1) is 0 Å². The Labute approximate surface area is 241 Å². The summed E-state index contributed by atoms with van der Waals surface area (Å²) in [6.07, 6.45) is 3.06. The molecule has 0 aliphatic carbocycles. The van der Waals surface area contributed by atoms with Crippen LogP contribution in [0.4, 0.5) is 5.69 Å². The van der Waals surface area contributed by atoms with Crippen molar-refractivity contribution in [1.29, 1.82) is 0 Å². The van der Waals surface area contributed by atoms with Gasteiger partial charge in [0.1, 0.15) is 6.42 Å². The van der Waals surface area contributed by atoms with Gasteiger partial charge in [0, 0.05) is 17.0 Å². The van der Waals surface area contributed by atoms with E-state index in [-0.39, 0.29) is 70.8 Å². The summed E-state index contributed by atoms with van der Waals surface area (Å²) in [7, 11) is 0.